The molecule has 1 saturated heterocycles. The fourth-order valence-electron chi connectivity index (χ4n) is 2.14. The zero-order valence-corrected chi connectivity index (χ0v) is 9.23. The van der Waals surface area contributed by atoms with Crippen LogP contribution < -0.4 is 10.2 Å². The summed E-state index contributed by atoms with van der Waals surface area (Å²) in [5, 5.41) is 2.31. The van der Waals surface area contributed by atoms with E-state index in [-0.39, 0.29) is 11.9 Å². The van der Waals surface area contributed by atoms with E-state index in [1.54, 1.807) is 4.90 Å². The summed E-state index contributed by atoms with van der Waals surface area (Å²) < 4.78 is 5.33. The number of nitrogens with one attached hydrogen (secondary N) is 1. The number of ether oxygens (including phenoxy) is 1. The number of hydrogen-bond acceptors (Lipinski definition) is 3. The van der Waals surface area contributed by atoms with Gasteiger partial charge in [0.25, 0.3) is 0 Å². The molecular weight excluding hydrogens is 220 g/mol. The van der Waals surface area contributed by atoms with Gasteiger partial charge in [0, 0.05) is 18.7 Å². The van der Waals surface area contributed by atoms with Gasteiger partial charge in [0.15, 0.2) is 0 Å². The highest BCUT2D eigenvalue weighted by molar-refractivity contribution is 6.05. The zero-order valence-electron chi connectivity index (χ0n) is 9.23. The molecule has 0 aliphatic carbocycles. The quantitative estimate of drug-likeness (QED) is 0.790. The third-order valence-corrected chi connectivity index (χ3v) is 3.07. The monoisotopic (exact) mass is 232 g/mol. The van der Waals surface area contributed by atoms with Crippen molar-refractivity contribution in [3.63, 3.8) is 0 Å². The molecule has 2 aliphatic rings. The largest absolute Gasteiger partial charge is 0.372 e. The van der Waals surface area contributed by atoms with Crippen molar-refractivity contribution in [1.82, 2.24) is 5.32 Å². The number of amides is 3. The number of benzene rings is 1. The van der Waals surface area contributed by atoms with E-state index in [1.807, 2.05) is 18.2 Å². The van der Waals surface area contributed by atoms with Crippen LogP contribution in [-0.2, 0) is 22.7 Å². The molecule has 0 bridgehead atoms. The summed E-state index contributed by atoms with van der Waals surface area (Å²) in [4.78, 5) is 24.3. The van der Waals surface area contributed by atoms with Crippen LogP contribution in [0.3, 0.4) is 0 Å². The molecule has 2 heterocycles. The summed E-state index contributed by atoms with van der Waals surface area (Å²) in [7, 11) is 0. The Morgan fingerprint density at radius 3 is 2.82 bits per heavy atom. The number of imide groups is 1. The first-order chi connectivity index (χ1) is 8.24. The zero-order chi connectivity index (χ0) is 11.8. The van der Waals surface area contributed by atoms with E-state index < -0.39 is 0 Å². The maximum Gasteiger partial charge on any atom is 0.328 e. The Morgan fingerprint density at radius 1 is 1.18 bits per heavy atom. The molecule has 1 fully saturated rings. The first-order valence-corrected chi connectivity index (χ1v) is 5.55. The van der Waals surface area contributed by atoms with E-state index in [4.69, 9.17) is 4.74 Å². The van der Waals surface area contributed by atoms with Gasteiger partial charge >= 0.3 is 6.03 Å². The van der Waals surface area contributed by atoms with Crippen LogP contribution in [-0.4, -0.2) is 18.5 Å². The van der Waals surface area contributed by atoms with E-state index in [1.165, 1.54) is 5.56 Å². The second-order valence-corrected chi connectivity index (χ2v) is 4.20. The van der Waals surface area contributed by atoms with Gasteiger partial charge in [-0.2, -0.15) is 0 Å². The van der Waals surface area contributed by atoms with Gasteiger partial charge in [-0.05, 0) is 23.3 Å². The summed E-state index contributed by atoms with van der Waals surface area (Å²) >= 11 is 0. The molecule has 0 radical (unpaired) electrons. The number of rotatable bonds is 1. The number of carbonyl (C=O) groups is 2. The summed E-state index contributed by atoms with van der Waals surface area (Å²) in [6, 6.07) is 5.47. The lowest BCUT2D eigenvalue weighted by molar-refractivity contribution is -0.120. The van der Waals surface area contributed by atoms with Crippen molar-refractivity contribution in [2.75, 3.05) is 11.4 Å². The lowest BCUT2D eigenvalue weighted by Crippen LogP contribution is -2.49. The van der Waals surface area contributed by atoms with E-state index in [0.717, 1.165) is 11.3 Å². The van der Waals surface area contributed by atoms with Gasteiger partial charge in [0.1, 0.15) is 0 Å². The van der Waals surface area contributed by atoms with Crippen molar-refractivity contribution in [2.24, 2.45) is 0 Å². The van der Waals surface area contributed by atoms with Gasteiger partial charge in [-0.1, -0.05) is 6.07 Å². The molecule has 3 amide bonds. The molecule has 1 aromatic rings. The summed E-state index contributed by atoms with van der Waals surface area (Å²) in [5.74, 6) is -0.212. The molecule has 0 unspecified atom stereocenters. The van der Waals surface area contributed by atoms with Crippen LogP contribution in [0.2, 0.25) is 0 Å². The first-order valence-electron chi connectivity index (χ1n) is 5.55. The molecule has 1 aromatic carbocycles. The topological polar surface area (TPSA) is 58.6 Å². The number of anilines is 1. The molecule has 1 N–H and O–H groups in total. The molecule has 2 aliphatic heterocycles. The minimum absolute atomic E-state index is 0.212. The summed E-state index contributed by atoms with van der Waals surface area (Å²) in [6.45, 7) is 1.67. The number of urea groups is 1. The number of hydrogen-bond donors (Lipinski definition) is 1. The molecule has 17 heavy (non-hydrogen) atoms. The molecule has 5 nitrogen and oxygen atoms in total. The fraction of sp³-hybridized carbons (Fsp3) is 0.333. The standard InChI is InChI=1S/C12H12N2O3/c15-11-3-4-14(12(16)13-11)10-2-1-8-6-17-7-9(8)5-10/h1-2,5H,3-4,6-7H2,(H,13,15,16). The average Bonchev–Trinajstić information content (AvgIpc) is 2.75. The Hall–Kier alpha value is -1.88. The number of carbonyl (C=O) groups excluding carboxylic acids is 2. The first kappa shape index (κ1) is 10.3. The van der Waals surface area contributed by atoms with E-state index in [2.05, 4.69) is 5.32 Å². The number of nitrogens with zero attached hydrogens (tertiary/aromatic N) is 1. The van der Waals surface area contributed by atoms with Gasteiger partial charge in [-0.25, -0.2) is 4.79 Å². The van der Waals surface area contributed by atoms with Gasteiger partial charge in [-0.15, -0.1) is 0 Å². The third kappa shape index (κ3) is 1.78. The highest BCUT2D eigenvalue weighted by Crippen LogP contribution is 2.26. The molecule has 0 spiro atoms. The molecule has 0 aromatic heterocycles. The number of fused-ring (bicyclic) bond motifs is 1. The Labute approximate surface area is 98.4 Å². The Kier molecular flexibility index (Phi) is 2.33. The van der Waals surface area contributed by atoms with Crippen molar-refractivity contribution < 1.29 is 14.3 Å². The van der Waals surface area contributed by atoms with Crippen LogP contribution in [0.5, 0.6) is 0 Å². The second-order valence-electron chi connectivity index (χ2n) is 4.20. The van der Waals surface area contributed by atoms with E-state index in [9.17, 15) is 9.59 Å². The van der Waals surface area contributed by atoms with E-state index in [0.29, 0.717) is 26.2 Å². The van der Waals surface area contributed by atoms with Crippen molar-refractivity contribution in [1.29, 1.82) is 0 Å². The molecular formula is C12H12N2O3. The molecule has 88 valence electrons. The summed E-state index contributed by atoms with van der Waals surface area (Å²) in [5.41, 5.74) is 3.11. The van der Waals surface area contributed by atoms with Crippen molar-refractivity contribution in [2.45, 2.75) is 19.6 Å². The average molecular weight is 232 g/mol. The molecule has 0 saturated carbocycles. The minimum atomic E-state index is -0.347. The van der Waals surface area contributed by atoms with Crippen LogP contribution in [0.15, 0.2) is 18.2 Å². The molecule has 0 atom stereocenters. The lowest BCUT2D eigenvalue weighted by atomic mass is 10.1. The highest BCUT2D eigenvalue weighted by Gasteiger charge is 2.25. The van der Waals surface area contributed by atoms with Crippen LogP contribution in [0.25, 0.3) is 0 Å². The van der Waals surface area contributed by atoms with Crippen molar-refractivity contribution in [3.05, 3.63) is 29.3 Å². The SMILES string of the molecule is O=C1CCN(c2ccc3c(c2)COC3)C(=O)N1. The predicted molar refractivity (Wildman–Crippen MR) is 60.4 cm³/mol. The van der Waals surface area contributed by atoms with Crippen molar-refractivity contribution in [3.8, 4) is 0 Å². The van der Waals surface area contributed by atoms with Crippen LogP contribution in [0.4, 0.5) is 10.5 Å². The smallest absolute Gasteiger partial charge is 0.328 e. The van der Waals surface area contributed by atoms with Crippen LogP contribution in [0, 0.1) is 0 Å². The maximum atomic E-state index is 11.7. The van der Waals surface area contributed by atoms with Gasteiger partial charge in [0.05, 0.1) is 13.2 Å². The third-order valence-electron chi connectivity index (χ3n) is 3.07. The highest BCUT2D eigenvalue weighted by atomic mass is 16.5. The Balaban J connectivity index is 1.89. The molecule has 3 rings (SSSR count). The minimum Gasteiger partial charge on any atom is -0.372 e. The van der Waals surface area contributed by atoms with Crippen molar-refractivity contribution >= 4 is 17.6 Å². The predicted octanol–water partition coefficient (Wildman–Crippen LogP) is 1.16. The summed E-state index contributed by atoms with van der Waals surface area (Å²) in [6.07, 6.45) is 0.347. The maximum absolute atomic E-state index is 11.7. The lowest BCUT2D eigenvalue weighted by Gasteiger charge is -2.26. The Morgan fingerprint density at radius 2 is 2.00 bits per heavy atom. The van der Waals surface area contributed by atoms with Gasteiger partial charge in [0.2, 0.25) is 5.91 Å². The van der Waals surface area contributed by atoms with Gasteiger partial charge < -0.3 is 4.74 Å². The van der Waals surface area contributed by atoms with Crippen LogP contribution in [0.1, 0.15) is 17.5 Å². The normalized spacial score (nSPS) is 19.2. The molecule has 5 heteroatoms. The second kappa shape index (κ2) is 3.85. The van der Waals surface area contributed by atoms with Crippen LogP contribution >= 0.6 is 0 Å². The van der Waals surface area contributed by atoms with E-state index >= 15 is 0 Å². The fourth-order valence-corrected chi connectivity index (χ4v) is 2.14. The van der Waals surface area contributed by atoms with Gasteiger partial charge in [-0.3, -0.25) is 15.0 Å². The Bertz CT molecular complexity index is 499.